The van der Waals surface area contributed by atoms with Crippen molar-refractivity contribution in [2.24, 2.45) is 4.99 Å². The van der Waals surface area contributed by atoms with Crippen LogP contribution in [-0.4, -0.2) is 35.7 Å². The van der Waals surface area contributed by atoms with Crippen LogP contribution in [0.4, 0.5) is 8.78 Å². The lowest BCUT2D eigenvalue weighted by Crippen LogP contribution is -2.20. The number of rotatable bonds is 4. The lowest BCUT2D eigenvalue weighted by Gasteiger charge is -2.11. The minimum Gasteiger partial charge on any atom is -0.483 e. The van der Waals surface area contributed by atoms with Gasteiger partial charge in [0.1, 0.15) is 28.8 Å². The summed E-state index contributed by atoms with van der Waals surface area (Å²) in [6.07, 6.45) is 0. The van der Waals surface area contributed by atoms with Crippen molar-refractivity contribution in [1.82, 2.24) is 9.88 Å². The van der Waals surface area contributed by atoms with Crippen molar-refractivity contribution in [3.63, 3.8) is 0 Å². The summed E-state index contributed by atoms with van der Waals surface area (Å²) in [6, 6.07) is 7.41. The van der Waals surface area contributed by atoms with Crippen molar-refractivity contribution in [2.75, 3.05) is 14.1 Å². The first-order valence-electron chi connectivity index (χ1n) is 8.19. The van der Waals surface area contributed by atoms with E-state index in [2.05, 4.69) is 9.98 Å². The number of aliphatic imine (C=N–C) groups is 1. The highest BCUT2D eigenvalue weighted by Crippen LogP contribution is 2.28. The monoisotopic (exact) mass is 423 g/mol. The fraction of sp³-hybridized carbons (Fsp3) is 0.211. The standard InChI is InChI=1S/C19H16ClF2N3O2S/c1-10(25(2)3)23-19(26)17-12(21)5-6-14(18(17)22)27-9-16-24-13-8-11(20)4-7-15(13)28-16/h4-8H,9H2,1-3H3/b23-10+. The second kappa shape index (κ2) is 8.20. The summed E-state index contributed by atoms with van der Waals surface area (Å²) in [6.45, 7) is 1.53. The minimum atomic E-state index is -1.09. The Bertz CT molecular complexity index is 1080. The largest absolute Gasteiger partial charge is 0.483 e. The van der Waals surface area contributed by atoms with Crippen molar-refractivity contribution < 1.29 is 18.3 Å². The highest BCUT2D eigenvalue weighted by molar-refractivity contribution is 7.18. The normalized spacial score (nSPS) is 11.7. The third-order valence-corrected chi connectivity index (χ3v) is 5.17. The molecule has 3 rings (SSSR count). The number of amides is 1. The first-order valence-corrected chi connectivity index (χ1v) is 9.38. The Kier molecular flexibility index (Phi) is 5.90. The van der Waals surface area contributed by atoms with Crippen LogP contribution in [0.15, 0.2) is 35.3 Å². The van der Waals surface area contributed by atoms with E-state index in [1.807, 2.05) is 6.07 Å². The molecule has 0 unspecified atom stereocenters. The summed E-state index contributed by atoms with van der Waals surface area (Å²) in [5, 5.41) is 1.15. The Labute approximate surface area is 169 Å². The van der Waals surface area contributed by atoms with E-state index >= 15 is 0 Å². The molecule has 0 spiro atoms. The van der Waals surface area contributed by atoms with Crippen molar-refractivity contribution in [2.45, 2.75) is 13.5 Å². The van der Waals surface area contributed by atoms with E-state index < -0.39 is 23.1 Å². The second-order valence-corrected chi connectivity index (χ2v) is 7.65. The van der Waals surface area contributed by atoms with Crippen LogP contribution in [0.25, 0.3) is 10.2 Å². The van der Waals surface area contributed by atoms with Crippen LogP contribution in [0.1, 0.15) is 22.3 Å². The zero-order chi connectivity index (χ0) is 20.4. The molecule has 9 heteroatoms. The van der Waals surface area contributed by atoms with E-state index in [1.54, 1.807) is 38.1 Å². The van der Waals surface area contributed by atoms with Gasteiger partial charge in [-0.2, -0.15) is 4.99 Å². The number of amidine groups is 1. The Morgan fingerprint density at radius 2 is 2.04 bits per heavy atom. The van der Waals surface area contributed by atoms with Crippen LogP contribution in [-0.2, 0) is 6.61 Å². The van der Waals surface area contributed by atoms with Crippen LogP contribution < -0.4 is 4.74 Å². The molecule has 146 valence electrons. The fourth-order valence-corrected chi connectivity index (χ4v) is 3.32. The van der Waals surface area contributed by atoms with Crippen molar-refractivity contribution in [3.8, 4) is 5.75 Å². The van der Waals surface area contributed by atoms with Gasteiger partial charge in [0.2, 0.25) is 0 Å². The van der Waals surface area contributed by atoms with Crippen LogP contribution in [0.5, 0.6) is 5.75 Å². The van der Waals surface area contributed by atoms with E-state index in [1.165, 1.54) is 11.3 Å². The predicted octanol–water partition coefficient (Wildman–Crippen LogP) is 4.93. The molecule has 0 radical (unpaired) electrons. The molecule has 0 N–H and O–H groups in total. The summed E-state index contributed by atoms with van der Waals surface area (Å²) in [5.74, 6) is -3.03. The smallest absolute Gasteiger partial charge is 0.284 e. The number of carbonyl (C=O) groups is 1. The summed E-state index contributed by atoms with van der Waals surface area (Å²) in [5.41, 5.74) is -0.0465. The van der Waals surface area contributed by atoms with Gasteiger partial charge in [0, 0.05) is 19.1 Å². The molecule has 0 aliphatic heterocycles. The summed E-state index contributed by atoms with van der Waals surface area (Å²) >= 11 is 7.31. The highest BCUT2D eigenvalue weighted by atomic mass is 35.5. The Morgan fingerprint density at radius 1 is 1.29 bits per heavy atom. The molecule has 0 aliphatic carbocycles. The first-order chi connectivity index (χ1) is 13.3. The molecule has 1 heterocycles. The van der Waals surface area contributed by atoms with Gasteiger partial charge in [-0.15, -0.1) is 11.3 Å². The van der Waals surface area contributed by atoms with E-state index in [0.29, 0.717) is 21.4 Å². The zero-order valence-corrected chi connectivity index (χ0v) is 16.9. The molecule has 0 saturated heterocycles. The van der Waals surface area contributed by atoms with Gasteiger partial charge in [-0.1, -0.05) is 11.6 Å². The maximum Gasteiger partial charge on any atom is 0.284 e. The average Bonchev–Trinajstić information content (AvgIpc) is 3.02. The molecule has 0 fully saturated rings. The third-order valence-electron chi connectivity index (χ3n) is 3.93. The van der Waals surface area contributed by atoms with Crippen LogP contribution >= 0.6 is 22.9 Å². The van der Waals surface area contributed by atoms with Gasteiger partial charge < -0.3 is 9.64 Å². The second-order valence-electron chi connectivity index (χ2n) is 6.10. The summed E-state index contributed by atoms with van der Waals surface area (Å²) in [7, 11) is 3.34. The van der Waals surface area contributed by atoms with Crippen LogP contribution in [0.3, 0.4) is 0 Å². The van der Waals surface area contributed by atoms with Gasteiger partial charge in [-0.05, 0) is 37.3 Å². The third kappa shape index (κ3) is 4.28. The molecule has 5 nitrogen and oxygen atoms in total. The van der Waals surface area contributed by atoms with E-state index in [4.69, 9.17) is 16.3 Å². The Balaban J connectivity index is 1.84. The quantitative estimate of drug-likeness (QED) is 0.441. The van der Waals surface area contributed by atoms with Crippen molar-refractivity contribution in [3.05, 3.63) is 57.6 Å². The molecule has 0 saturated carbocycles. The molecule has 28 heavy (non-hydrogen) atoms. The minimum absolute atomic E-state index is 0.0346. The van der Waals surface area contributed by atoms with E-state index in [9.17, 15) is 13.6 Å². The summed E-state index contributed by atoms with van der Waals surface area (Å²) < 4.78 is 35.1. The number of benzene rings is 2. The number of nitrogens with zero attached hydrogens (tertiary/aromatic N) is 3. The molecule has 1 aromatic heterocycles. The Morgan fingerprint density at radius 3 is 2.75 bits per heavy atom. The number of aromatic nitrogens is 1. The number of thiazole rings is 1. The van der Waals surface area contributed by atoms with Crippen LogP contribution in [0.2, 0.25) is 5.02 Å². The number of ether oxygens (including phenoxy) is 1. The van der Waals surface area contributed by atoms with Gasteiger partial charge in [-0.25, -0.2) is 13.8 Å². The number of hydrogen-bond donors (Lipinski definition) is 0. The average molecular weight is 424 g/mol. The predicted molar refractivity (Wildman–Crippen MR) is 106 cm³/mol. The van der Waals surface area contributed by atoms with Crippen molar-refractivity contribution in [1.29, 1.82) is 0 Å². The molecule has 0 atom stereocenters. The highest BCUT2D eigenvalue weighted by Gasteiger charge is 2.22. The molecule has 1 amide bonds. The van der Waals surface area contributed by atoms with Gasteiger partial charge in [-0.3, -0.25) is 4.79 Å². The van der Waals surface area contributed by atoms with E-state index in [0.717, 1.165) is 16.8 Å². The topological polar surface area (TPSA) is 54.8 Å². The number of carbonyl (C=O) groups excluding carboxylic acids is 1. The number of hydrogen-bond acceptors (Lipinski definition) is 4. The SMILES string of the molecule is C/C(=N\C(=O)c1c(F)ccc(OCc2nc3cc(Cl)ccc3s2)c1F)N(C)C. The Hall–Kier alpha value is -2.58. The molecule has 0 aliphatic rings. The first kappa shape index (κ1) is 20.2. The van der Waals surface area contributed by atoms with Gasteiger partial charge >= 0.3 is 0 Å². The molecule has 0 bridgehead atoms. The van der Waals surface area contributed by atoms with Gasteiger partial charge in [0.15, 0.2) is 11.6 Å². The number of halogens is 3. The molecular weight excluding hydrogens is 408 g/mol. The zero-order valence-electron chi connectivity index (χ0n) is 15.3. The maximum absolute atomic E-state index is 14.7. The van der Waals surface area contributed by atoms with Gasteiger partial charge in [0.05, 0.1) is 10.2 Å². The summed E-state index contributed by atoms with van der Waals surface area (Å²) in [4.78, 5) is 21.8. The number of fused-ring (bicyclic) bond motifs is 1. The lowest BCUT2D eigenvalue weighted by molar-refractivity contribution is 0.0992. The molecule has 3 aromatic rings. The van der Waals surface area contributed by atoms with Crippen molar-refractivity contribution >= 4 is 44.9 Å². The lowest BCUT2D eigenvalue weighted by atomic mass is 10.1. The molecular formula is C19H16ClF2N3O2S. The fourth-order valence-electron chi connectivity index (χ4n) is 2.29. The van der Waals surface area contributed by atoms with E-state index in [-0.39, 0.29) is 12.4 Å². The molecule has 2 aromatic carbocycles. The van der Waals surface area contributed by atoms with Crippen LogP contribution in [0, 0.1) is 11.6 Å². The van der Waals surface area contributed by atoms with Gasteiger partial charge in [0.25, 0.3) is 5.91 Å². The maximum atomic E-state index is 14.7.